The number of aromatic nitrogens is 4. The molecule has 1 aliphatic rings. The Kier molecular flexibility index (Phi) is 4.56. The van der Waals surface area contributed by atoms with Crippen molar-refractivity contribution in [3.05, 3.63) is 23.1 Å². The monoisotopic (exact) mass is 387 g/mol. The number of nitrogen functional groups attached to an aromatic ring is 1. The number of likely N-dealkylation sites (tertiary alicyclic amines) is 1. The van der Waals surface area contributed by atoms with Crippen LogP contribution in [-0.4, -0.2) is 44.2 Å². The molecular formula is C17H18FN7OS. The van der Waals surface area contributed by atoms with Gasteiger partial charge in [-0.05, 0) is 26.2 Å². The predicted molar refractivity (Wildman–Crippen MR) is 102 cm³/mol. The van der Waals surface area contributed by atoms with E-state index in [0.717, 1.165) is 32.4 Å². The van der Waals surface area contributed by atoms with E-state index >= 15 is 0 Å². The fourth-order valence-corrected chi connectivity index (χ4v) is 3.72. The van der Waals surface area contributed by atoms with Gasteiger partial charge >= 0.3 is 6.03 Å². The van der Waals surface area contributed by atoms with Gasteiger partial charge < -0.3 is 10.6 Å². The zero-order valence-electron chi connectivity index (χ0n) is 14.7. The third-order valence-corrected chi connectivity index (χ3v) is 5.30. The fourth-order valence-electron chi connectivity index (χ4n) is 3.05. The molecule has 3 N–H and O–H groups in total. The summed E-state index contributed by atoms with van der Waals surface area (Å²) in [6.07, 6.45) is 4.56. The summed E-state index contributed by atoms with van der Waals surface area (Å²) in [4.78, 5) is 22.7. The van der Waals surface area contributed by atoms with Crippen LogP contribution in [0.1, 0.15) is 24.3 Å². The Bertz CT molecular complexity index is 1020. The van der Waals surface area contributed by atoms with Crippen LogP contribution in [-0.2, 0) is 0 Å². The lowest BCUT2D eigenvalue weighted by Gasteiger charge is -2.26. The molecule has 1 saturated heterocycles. The van der Waals surface area contributed by atoms with E-state index in [1.54, 1.807) is 17.9 Å². The summed E-state index contributed by atoms with van der Waals surface area (Å²) in [6.45, 7) is 3.24. The Labute approximate surface area is 158 Å². The highest BCUT2D eigenvalue weighted by molar-refractivity contribution is 7.14. The number of halogens is 1. The molecule has 0 radical (unpaired) electrons. The third-order valence-electron chi connectivity index (χ3n) is 4.46. The summed E-state index contributed by atoms with van der Waals surface area (Å²) in [5, 5.41) is 12.1. The molecule has 1 fully saturated rings. The Morgan fingerprint density at radius 1 is 1.30 bits per heavy atom. The molecule has 0 unspecified atom stereocenters. The van der Waals surface area contributed by atoms with Crippen molar-refractivity contribution in [1.29, 1.82) is 0 Å². The normalized spacial score (nSPS) is 14.5. The second-order valence-electron chi connectivity index (χ2n) is 6.38. The predicted octanol–water partition coefficient (Wildman–Crippen LogP) is 3.20. The molecule has 8 nitrogen and oxygen atoms in total. The number of carbonyl (C=O) groups excluding carboxylic acids is 1. The molecule has 140 valence electrons. The van der Waals surface area contributed by atoms with Gasteiger partial charge in [-0.25, -0.2) is 19.2 Å². The molecule has 10 heteroatoms. The van der Waals surface area contributed by atoms with Crippen LogP contribution < -0.4 is 11.1 Å². The lowest BCUT2D eigenvalue weighted by atomic mass is 10.1. The van der Waals surface area contributed by atoms with Gasteiger partial charge in [0.2, 0.25) is 0 Å². The number of hydrogen-bond donors (Lipinski definition) is 2. The number of nitrogens with two attached hydrogens (primary N) is 1. The van der Waals surface area contributed by atoms with E-state index in [9.17, 15) is 9.18 Å². The number of hydrogen-bond acceptors (Lipinski definition) is 7. The number of rotatable bonds is 2. The third kappa shape index (κ3) is 3.39. The summed E-state index contributed by atoms with van der Waals surface area (Å²) in [6, 6.07) is 1.39. The highest BCUT2D eigenvalue weighted by Gasteiger charge is 2.20. The number of aryl methyl sites for hydroxylation is 1. The van der Waals surface area contributed by atoms with Crippen molar-refractivity contribution < 1.29 is 9.18 Å². The zero-order valence-corrected chi connectivity index (χ0v) is 15.5. The highest BCUT2D eigenvalue weighted by Crippen LogP contribution is 2.32. The first-order chi connectivity index (χ1) is 13.0. The topological polar surface area (TPSA) is 110 Å². The first-order valence-electron chi connectivity index (χ1n) is 8.64. The minimum atomic E-state index is -0.648. The largest absolute Gasteiger partial charge is 0.396 e. The standard InChI is InChI=1S/C17H18FN7OS/c1-9-23-24-16(27-9)15-13(18)14(19)10-8-20-12(7-11(10)21-15)22-17(26)25-5-3-2-4-6-25/h7-8H,2-6H2,1H3,(H2,19,21)(H,20,22,26). The molecule has 1 aliphatic heterocycles. The number of pyridine rings is 2. The van der Waals surface area contributed by atoms with Gasteiger partial charge in [-0.3, -0.25) is 5.32 Å². The summed E-state index contributed by atoms with van der Waals surface area (Å²) < 4.78 is 14.6. The number of nitrogens with zero attached hydrogens (tertiary/aromatic N) is 5. The highest BCUT2D eigenvalue weighted by atomic mass is 32.1. The average molecular weight is 387 g/mol. The maximum atomic E-state index is 14.6. The molecule has 0 atom stereocenters. The lowest BCUT2D eigenvalue weighted by Crippen LogP contribution is -2.38. The summed E-state index contributed by atoms with van der Waals surface area (Å²) in [5.41, 5.74) is 6.36. The molecule has 3 aromatic rings. The quantitative estimate of drug-likeness (QED) is 0.699. The molecular weight excluding hydrogens is 369 g/mol. The van der Waals surface area contributed by atoms with Crippen LogP contribution in [0, 0.1) is 12.7 Å². The van der Waals surface area contributed by atoms with Gasteiger partial charge in [0.15, 0.2) is 10.8 Å². The molecule has 4 rings (SSSR count). The maximum Gasteiger partial charge on any atom is 0.323 e. The molecule has 3 aromatic heterocycles. The molecule has 0 bridgehead atoms. The first-order valence-corrected chi connectivity index (χ1v) is 9.45. The summed E-state index contributed by atoms with van der Waals surface area (Å²) in [5.74, 6) is -0.304. The van der Waals surface area contributed by atoms with Crippen LogP contribution in [0.25, 0.3) is 21.6 Å². The number of urea groups is 1. The lowest BCUT2D eigenvalue weighted by molar-refractivity contribution is 0.200. The van der Waals surface area contributed by atoms with Crippen molar-refractivity contribution in [1.82, 2.24) is 25.1 Å². The summed E-state index contributed by atoms with van der Waals surface area (Å²) in [7, 11) is 0. The smallest absolute Gasteiger partial charge is 0.323 e. The summed E-state index contributed by atoms with van der Waals surface area (Å²) >= 11 is 1.23. The number of carbonyl (C=O) groups is 1. The Morgan fingerprint density at radius 3 is 2.78 bits per heavy atom. The average Bonchev–Trinajstić information content (AvgIpc) is 3.11. The molecule has 2 amide bonds. The van der Waals surface area contributed by atoms with Crippen molar-refractivity contribution in [2.45, 2.75) is 26.2 Å². The van der Waals surface area contributed by atoms with Gasteiger partial charge in [0.1, 0.15) is 16.5 Å². The van der Waals surface area contributed by atoms with Crippen molar-refractivity contribution >= 4 is 39.8 Å². The van der Waals surface area contributed by atoms with E-state index in [2.05, 4.69) is 25.5 Å². The van der Waals surface area contributed by atoms with Crippen LogP contribution in [0.3, 0.4) is 0 Å². The maximum absolute atomic E-state index is 14.6. The van der Waals surface area contributed by atoms with Gasteiger partial charge in [0.05, 0.1) is 11.2 Å². The Morgan fingerprint density at radius 2 is 2.07 bits per heavy atom. The molecule has 27 heavy (non-hydrogen) atoms. The second-order valence-corrected chi connectivity index (χ2v) is 7.56. The molecule has 0 aromatic carbocycles. The van der Waals surface area contributed by atoms with Gasteiger partial charge in [0.25, 0.3) is 0 Å². The van der Waals surface area contributed by atoms with Crippen molar-refractivity contribution in [2.24, 2.45) is 0 Å². The van der Waals surface area contributed by atoms with Crippen LogP contribution >= 0.6 is 11.3 Å². The van der Waals surface area contributed by atoms with Gasteiger partial charge in [-0.15, -0.1) is 10.2 Å². The molecule has 0 saturated carbocycles. The minimum Gasteiger partial charge on any atom is -0.396 e. The van der Waals surface area contributed by atoms with E-state index in [0.29, 0.717) is 26.7 Å². The Hall–Kier alpha value is -2.88. The number of nitrogens with one attached hydrogen (secondary N) is 1. The van der Waals surface area contributed by atoms with E-state index in [-0.39, 0.29) is 17.4 Å². The van der Waals surface area contributed by atoms with E-state index in [4.69, 9.17) is 5.73 Å². The van der Waals surface area contributed by atoms with Crippen LogP contribution in [0.15, 0.2) is 12.3 Å². The fraction of sp³-hybridized carbons (Fsp3) is 0.353. The number of fused-ring (bicyclic) bond motifs is 1. The van der Waals surface area contributed by atoms with Crippen molar-refractivity contribution in [2.75, 3.05) is 24.1 Å². The van der Waals surface area contributed by atoms with Crippen LogP contribution in [0.4, 0.5) is 20.7 Å². The first kappa shape index (κ1) is 17.5. The number of amides is 2. The van der Waals surface area contributed by atoms with Gasteiger partial charge in [0, 0.05) is 30.7 Å². The minimum absolute atomic E-state index is 0.0464. The SMILES string of the molecule is Cc1nnc(-c2nc3cc(NC(=O)N4CCCCC4)ncc3c(N)c2F)s1. The van der Waals surface area contributed by atoms with Crippen LogP contribution in [0.5, 0.6) is 0 Å². The van der Waals surface area contributed by atoms with E-state index < -0.39 is 5.82 Å². The van der Waals surface area contributed by atoms with Crippen molar-refractivity contribution in [3.63, 3.8) is 0 Å². The molecule has 0 spiro atoms. The van der Waals surface area contributed by atoms with E-state index in [1.165, 1.54) is 17.5 Å². The van der Waals surface area contributed by atoms with Gasteiger partial charge in [-0.1, -0.05) is 11.3 Å². The van der Waals surface area contributed by atoms with Gasteiger partial charge in [-0.2, -0.15) is 0 Å². The van der Waals surface area contributed by atoms with E-state index in [1.807, 2.05) is 0 Å². The van der Waals surface area contributed by atoms with Crippen LogP contribution in [0.2, 0.25) is 0 Å². The zero-order chi connectivity index (χ0) is 19.0. The second kappa shape index (κ2) is 7.03. The Balaban J connectivity index is 1.68. The van der Waals surface area contributed by atoms with Crippen molar-refractivity contribution in [3.8, 4) is 10.7 Å². The molecule has 4 heterocycles. The molecule has 0 aliphatic carbocycles. The number of piperidine rings is 1. The number of anilines is 2.